The Kier molecular flexibility index (Phi) is 7.46. The van der Waals surface area contributed by atoms with E-state index in [1.165, 1.54) is 56.7 Å². The molecule has 0 aliphatic carbocycles. The molecular weight excluding hydrogens is 422 g/mol. The summed E-state index contributed by atoms with van der Waals surface area (Å²) in [5.74, 6) is -0.989. The third-order valence-corrected chi connectivity index (χ3v) is 5.95. The molecule has 0 radical (unpaired) electrons. The molecule has 2 rings (SSSR count). The Balaban J connectivity index is 2.60. The molecule has 0 bridgehead atoms. The van der Waals surface area contributed by atoms with Gasteiger partial charge >= 0.3 is 11.9 Å². The van der Waals surface area contributed by atoms with Crippen molar-refractivity contribution in [2.24, 2.45) is 0 Å². The SMILES string of the molecule is CCOC(=O)CN(c1cc(C(=O)OC)ccc1Cl)S(=O)(=O)c1ccc(OC)cc1. The lowest BCUT2D eigenvalue weighted by Crippen LogP contribution is -2.37. The molecule has 0 saturated carbocycles. The number of benzene rings is 2. The molecule has 0 N–H and O–H groups in total. The van der Waals surface area contributed by atoms with Crippen molar-refractivity contribution >= 4 is 39.3 Å². The zero-order chi connectivity index (χ0) is 21.6. The van der Waals surface area contributed by atoms with Gasteiger partial charge in [0.2, 0.25) is 0 Å². The molecule has 0 saturated heterocycles. The highest BCUT2D eigenvalue weighted by atomic mass is 35.5. The number of carbonyl (C=O) groups excluding carboxylic acids is 2. The molecule has 2 aromatic rings. The first-order valence-electron chi connectivity index (χ1n) is 8.44. The highest BCUT2D eigenvalue weighted by Crippen LogP contribution is 2.32. The number of methoxy groups -OCH3 is 2. The minimum Gasteiger partial charge on any atom is -0.497 e. The molecular formula is C19H20ClNO7S. The van der Waals surface area contributed by atoms with Gasteiger partial charge in [-0.3, -0.25) is 9.10 Å². The molecule has 156 valence electrons. The minimum absolute atomic E-state index is 0.0269. The second-order valence-corrected chi connectivity index (χ2v) is 7.92. The number of esters is 2. The molecule has 0 aromatic heterocycles. The van der Waals surface area contributed by atoms with E-state index in [4.69, 9.17) is 21.1 Å². The van der Waals surface area contributed by atoms with Crippen LogP contribution in [0.2, 0.25) is 5.02 Å². The summed E-state index contributed by atoms with van der Waals surface area (Å²) in [6.45, 7) is 1.04. The van der Waals surface area contributed by atoms with Gasteiger partial charge in [0.05, 0.1) is 42.0 Å². The summed E-state index contributed by atoms with van der Waals surface area (Å²) >= 11 is 6.21. The van der Waals surface area contributed by atoms with Crippen molar-refractivity contribution in [1.29, 1.82) is 0 Å². The van der Waals surface area contributed by atoms with Gasteiger partial charge in [-0.15, -0.1) is 0 Å². The van der Waals surface area contributed by atoms with Gasteiger partial charge in [-0.05, 0) is 49.4 Å². The number of anilines is 1. The van der Waals surface area contributed by atoms with Crippen molar-refractivity contribution < 1.29 is 32.2 Å². The van der Waals surface area contributed by atoms with Crippen LogP contribution >= 0.6 is 11.6 Å². The second kappa shape index (κ2) is 9.62. The van der Waals surface area contributed by atoms with Gasteiger partial charge in [0.1, 0.15) is 12.3 Å². The summed E-state index contributed by atoms with van der Waals surface area (Å²) in [5, 5.41) is 0.0269. The fraction of sp³-hybridized carbons (Fsp3) is 0.263. The van der Waals surface area contributed by atoms with Crippen molar-refractivity contribution in [1.82, 2.24) is 0 Å². The standard InChI is InChI=1S/C19H20ClNO7S/c1-4-28-18(22)12-21(17-11-13(19(23)27-3)5-10-16(17)20)29(24,25)15-8-6-14(26-2)7-9-15/h5-11H,4,12H2,1-3H3. The molecule has 0 aliphatic rings. The molecule has 0 unspecified atom stereocenters. The summed E-state index contributed by atoms with van der Waals surface area (Å²) in [4.78, 5) is 23.9. The van der Waals surface area contributed by atoms with Crippen molar-refractivity contribution in [3.8, 4) is 5.75 Å². The first-order chi connectivity index (χ1) is 13.7. The predicted octanol–water partition coefficient (Wildman–Crippen LogP) is 2.89. The van der Waals surface area contributed by atoms with Gasteiger partial charge in [0, 0.05) is 0 Å². The maximum absolute atomic E-state index is 13.3. The van der Waals surface area contributed by atoms with Crippen LogP contribution in [0.5, 0.6) is 5.75 Å². The minimum atomic E-state index is -4.22. The molecule has 2 aromatic carbocycles. The molecule has 0 heterocycles. The normalized spacial score (nSPS) is 10.9. The molecule has 29 heavy (non-hydrogen) atoms. The van der Waals surface area contributed by atoms with E-state index in [2.05, 4.69) is 4.74 Å². The topological polar surface area (TPSA) is 99.2 Å². The van der Waals surface area contributed by atoms with Crippen LogP contribution in [0.1, 0.15) is 17.3 Å². The second-order valence-electron chi connectivity index (χ2n) is 5.65. The molecule has 0 atom stereocenters. The van der Waals surface area contributed by atoms with Gasteiger partial charge in [-0.1, -0.05) is 11.6 Å². The Bertz CT molecular complexity index is 990. The van der Waals surface area contributed by atoms with Crippen LogP contribution < -0.4 is 9.04 Å². The first-order valence-corrected chi connectivity index (χ1v) is 10.3. The summed E-state index contributed by atoms with van der Waals surface area (Å²) in [6.07, 6.45) is 0. The van der Waals surface area contributed by atoms with Gasteiger partial charge in [0.15, 0.2) is 0 Å². The number of carbonyl (C=O) groups is 2. The van der Waals surface area contributed by atoms with Crippen molar-refractivity contribution in [3.05, 3.63) is 53.1 Å². The number of hydrogen-bond donors (Lipinski definition) is 0. The van der Waals surface area contributed by atoms with Crippen molar-refractivity contribution in [3.63, 3.8) is 0 Å². The van der Waals surface area contributed by atoms with Crippen molar-refractivity contribution in [2.45, 2.75) is 11.8 Å². The highest BCUT2D eigenvalue weighted by Gasteiger charge is 2.30. The number of halogens is 1. The lowest BCUT2D eigenvalue weighted by atomic mass is 10.2. The van der Waals surface area contributed by atoms with Crippen LogP contribution in [0.25, 0.3) is 0 Å². The first kappa shape index (κ1) is 22.5. The third-order valence-electron chi connectivity index (χ3n) is 3.86. The van der Waals surface area contributed by atoms with E-state index in [0.717, 1.165) is 4.31 Å². The lowest BCUT2D eigenvalue weighted by Gasteiger charge is -2.25. The number of ether oxygens (including phenoxy) is 3. The quantitative estimate of drug-likeness (QED) is 0.580. The van der Waals surface area contributed by atoms with E-state index in [0.29, 0.717) is 5.75 Å². The van der Waals surface area contributed by atoms with E-state index < -0.39 is 28.5 Å². The van der Waals surface area contributed by atoms with Crippen molar-refractivity contribution in [2.75, 3.05) is 31.7 Å². The van der Waals surface area contributed by atoms with Gasteiger partial charge in [-0.25, -0.2) is 13.2 Å². The summed E-state index contributed by atoms with van der Waals surface area (Å²) in [7, 11) is -1.58. The van der Waals surface area contributed by atoms with E-state index in [1.54, 1.807) is 6.92 Å². The third kappa shape index (κ3) is 5.18. The Labute approximate surface area is 174 Å². The average molecular weight is 442 g/mol. The lowest BCUT2D eigenvalue weighted by molar-refractivity contribution is -0.141. The Morgan fingerprint density at radius 3 is 2.28 bits per heavy atom. The summed E-state index contributed by atoms with van der Waals surface area (Å²) in [5.41, 5.74) is 0.0177. The fourth-order valence-electron chi connectivity index (χ4n) is 2.45. The zero-order valence-electron chi connectivity index (χ0n) is 16.0. The zero-order valence-corrected chi connectivity index (χ0v) is 17.6. The summed E-state index contributed by atoms with van der Waals surface area (Å²) in [6, 6.07) is 9.61. The van der Waals surface area contributed by atoms with E-state index in [1.807, 2.05) is 0 Å². The number of hydrogen-bond acceptors (Lipinski definition) is 7. The average Bonchev–Trinajstić information content (AvgIpc) is 2.72. The van der Waals surface area contributed by atoms with Crippen LogP contribution in [-0.2, 0) is 24.3 Å². The summed E-state index contributed by atoms with van der Waals surface area (Å²) < 4.78 is 42.0. The highest BCUT2D eigenvalue weighted by molar-refractivity contribution is 7.92. The molecule has 10 heteroatoms. The smallest absolute Gasteiger partial charge is 0.337 e. The van der Waals surface area contributed by atoms with Crippen LogP contribution in [0.3, 0.4) is 0 Å². The monoisotopic (exact) mass is 441 g/mol. The Morgan fingerprint density at radius 2 is 1.72 bits per heavy atom. The predicted molar refractivity (Wildman–Crippen MR) is 107 cm³/mol. The molecule has 0 amide bonds. The maximum atomic E-state index is 13.3. The van der Waals surface area contributed by atoms with E-state index in [9.17, 15) is 18.0 Å². The molecule has 8 nitrogen and oxygen atoms in total. The largest absolute Gasteiger partial charge is 0.497 e. The van der Waals surface area contributed by atoms with Crippen LogP contribution in [-0.4, -0.2) is 47.7 Å². The molecule has 0 aliphatic heterocycles. The van der Waals surface area contributed by atoms with E-state index in [-0.39, 0.29) is 27.8 Å². The van der Waals surface area contributed by atoms with Gasteiger partial charge in [0.25, 0.3) is 10.0 Å². The van der Waals surface area contributed by atoms with Crippen LogP contribution in [0.4, 0.5) is 5.69 Å². The van der Waals surface area contributed by atoms with Crippen LogP contribution in [0.15, 0.2) is 47.4 Å². The Morgan fingerprint density at radius 1 is 1.07 bits per heavy atom. The van der Waals surface area contributed by atoms with E-state index >= 15 is 0 Å². The van der Waals surface area contributed by atoms with Crippen LogP contribution in [0, 0.1) is 0 Å². The van der Waals surface area contributed by atoms with Gasteiger partial charge < -0.3 is 14.2 Å². The van der Waals surface area contributed by atoms with Gasteiger partial charge in [-0.2, -0.15) is 0 Å². The number of rotatable bonds is 8. The molecule has 0 fully saturated rings. The Hall–Kier alpha value is -2.78. The fourth-order valence-corrected chi connectivity index (χ4v) is 4.14. The number of nitrogens with zero attached hydrogens (tertiary/aromatic N) is 1. The maximum Gasteiger partial charge on any atom is 0.337 e. The molecule has 0 spiro atoms. The number of sulfonamides is 1.